The van der Waals surface area contributed by atoms with Crippen molar-refractivity contribution in [1.29, 1.82) is 0 Å². The van der Waals surface area contributed by atoms with Crippen LogP contribution in [0, 0.1) is 6.92 Å². The van der Waals surface area contributed by atoms with Crippen LogP contribution in [-0.2, 0) is 18.3 Å². The Balaban J connectivity index is 1.89. The Morgan fingerprint density at radius 2 is 2.08 bits per heavy atom. The fourth-order valence-corrected chi connectivity index (χ4v) is 3.09. The minimum atomic E-state index is -0.563. The van der Waals surface area contributed by atoms with Crippen LogP contribution in [0.3, 0.4) is 0 Å². The summed E-state index contributed by atoms with van der Waals surface area (Å²) in [6.07, 6.45) is 0.460. The zero-order chi connectivity index (χ0) is 17.3. The van der Waals surface area contributed by atoms with Gasteiger partial charge in [0.05, 0.1) is 10.7 Å². The number of aromatic nitrogens is 2. The molecule has 2 amide bonds. The first-order chi connectivity index (χ1) is 11.5. The van der Waals surface area contributed by atoms with Crippen LogP contribution < -0.4 is 5.32 Å². The molecule has 0 spiro atoms. The number of hydrogen-bond acceptors (Lipinski definition) is 3. The van der Waals surface area contributed by atoms with Crippen LogP contribution in [0.25, 0.3) is 0 Å². The van der Waals surface area contributed by atoms with E-state index in [0.717, 1.165) is 11.3 Å². The number of amides is 2. The van der Waals surface area contributed by atoms with Crippen molar-refractivity contribution in [2.75, 3.05) is 13.1 Å². The highest BCUT2D eigenvalue weighted by atomic mass is 35.5. The van der Waals surface area contributed by atoms with Crippen LogP contribution in [0.2, 0.25) is 5.02 Å². The predicted octanol–water partition coefficient (Wildman–Crippen LogP) is 1.57. The highest BCUT2D eigenvalue weighted by Crippen LogP contribution is 2.23. The van der Waals surface area contributed by atoms with Crippen molar-refractivity contribution in [3.8, 4) is 0 Å². The third-order valence-corrected chi connectivity index (χ3v) is 4.78. The van der Waals surface area contributed by atoms with E-state index < -0.39 is 6.04 Å². The van der Waals surface area contributed by atoms with Gasteiger partial charge in [-0.15, -0.1) is 0 Å². The number of piperazine rings is 1. The lowest BCUT2D eigenvalue weighted by molar-refractivity contribution is -0.127. The van der Waals surface area contributed by atoms with E-state index in [1.807, 2.05) is 30.3 Å². The SMILES string of the molecule is Cc1c(Cl)c(C(=O)N2CCNC(=O)C2Cc2ccccc2)nn1C. The number of carbonyl (C=O) groups is 2. The Hall–Kier alpha value is -2.34. The molecule has 126 valence electrons. The third-order valence-electron chi connectivity index (χ3n) is 4.33. The van der Waals surface area contributed by atoms with Gasteiger partial charge in [-0.25, -0.2) is 0 Å². The maximum atomic E-state index is 12.9. The van der Waals surface area contributed by atoms with Gasteiger partial charge in [0.1, 0.15) is 6.04 Å². The Morgan fingerprint density at radius 3 is 2.71 bits per heavy atom. The van der Waals surface area contributed by atoms with E-state index in [9.17, 15) is 9.59 Å². The number of hydrogen-bond donors (Lipinski definition) is 1. The Bertz CT molecular complexity index is 772. The molecule has 2 aromatic rings. The molecule has 1 aromatic heterocycles. The van der Waals surface area contributed by atoms with Crippen molar-refractivity contribution < 1.29 is 9.59 Å². The molecule has 1 fully saturated rings. The Labute approximate surface area is 145 Å². The summed E-state index contributed by atoms with van der Waals surface area (Å²) < 4.78 is 1.58. The number of rotatable bonds is 3. The molecular formula is C17H19ClN4O2. The number of aryl methyl sites for hydroxylation is 1. The van der Waals surface area contributed by atoms with Crippen LogP contribution in [-0.4, -0.2) is 45.6 Å². The van der Waals surface area contributed by atoms with Crippen molar-refractivity contribution >= 4 is 23.4 Å². The summed E-state index contributed by atoms with van der Waals surface area (Å²) in [7, 11) is 1.74. The smallest absolute Gasteiger partial charge is 0.276 e. The first kappa shape index (κ1) is 16.5. The second kappa shape index (κ2) is 6.65. The molecule has 6 nitrogen and oxygen atoms in total. The van der Waals surface area contributed by atoms with Crippen LogP contribution in [0.1, 0.15) is 21.7 Å². The summed E-state index contributed by atoms with van der Waals surface area (Å²) in [4.78, 5) is 26.8. The average molecular weight is 347 g/mol. The summed E-state index contributed by atoms with van der Waals surface area (Å²) >= 11 is 6.24. The third kappa shape index (κ3) is 3.01. The molecule has 7 heteroatoms. The number of nitrogens with zero attached hydrogens (tertiary/aromatic N) is 3. The standard InChI is InChI=1S/C17H19ClN4O2/c1-11-14(18)15(20-21(11)2)17(24)22-9-8-19-16(23)13(22)10-12-6-4-3-5-7-12/h3-7,13H,8-10H2,1-2H3,(H,19,23). The van der Waals surface area contributed by atoms with Crippen LogP contribution in [0.15, 0.2) is 30.3 Å². The van der Waals surface area contributed by atoms with Gasteiger partial charge in [-0.2, -0.15) is 5.10 Å². The normalized spacial score (nSPS) is 17.7. The zero-order valence-electron chi connectivity index (χ0n) is 13.6. The van der Waals surface area contributed by atoms with Crippen molar-refractivity contribution in [3.05, 3.63) is 52.3 Å². The lowest BCUT2D eigenvalue weighted by Gasteiger charge is -2.34. The maximum Gasteiger partial charge on any atom is 0.276 e. The van der Waals surface area contributed by atoms with Gasteiger partial charge in [0.25, 0.3) is 5.91 Å². The molecule has 0 saturated carbocycles. The lowest BCUT2D eigenvalue weighted by Crippen LogP contribution is -2.58. The van der Waals surface area contributed by atoms with Crippen molar-refractivity contribution in [2.45, 2.75) is 19.4 Å². The molecule has 1 aliphatic rings. The topological polar surface area (TPSA) is 67.2 Å². The highest BCUT2D eigenvalue weighted by Gasteiger charge is 2.35. The maximum absolute atomic E-state index is 12.9. The molecule has 1 unspecified atom stereocenters. The van der Waals surface area contributed by atoms with Gasteiger partial charge >= 0.3 is 0 Å². The van der Waals surface area contributed by atoms with Gasteiger partial charge in [0.15, 0.2) is 5.69 Å². The summed E-state index contributed by atoms with van der Waals surface area (Å²) in [5.74, 6) is -0.457. The van der Waals surface area contributed by atoms with E-state index in [1.54, 1.807) is 23.6 Å². The lowest BCUT2D eigenvalue weighted by atomic mass is 10.0. The summed E-state index contributed by atoms with van der Waals surface area (Å²) in [5, 5.41) is 7.38. The summed E-state index contributed by atoms with van der Waals surface area (Å²) in [6, 6.07) is 9.09. The molecule has 0 radical (unpaired) electrons. The molecule has 1 atom stereocenters. The Kier molecular flexibility index (Phi) is 4.57. The van der Waals surface area contributed by atoms with Crippen molar-refractivity contribution in [1.82, 2.24) is 20.0 Å². The first-order valence-corrected chi connectivity index (χ1v) is 8.18. The number of benzene rings is 1. The molecule has 2 heterocycles. The minimum Gasteiger partial charge on any atom is -0.353 e. The number of nitrogens with one attached hydrogen (secondary N) is 1. The Morgan fingerprint density at radius 1 is 1.38 bits per heavy atom. The van der Waals surface area contributed by atoms with E-state index in [0.29, 0.717) is 24.5 Å². The van der Waals surface area contributed by atoms with E-state index in [4.69, 9.17) is 11.6 Å². The van der Waals surface area contributed by atoms with Gasteiger partial charge in [0.2, 0.25) is 5.91 Å². The largest absolute Gasteiger partial charge is 0.353 e. The molecule has 0 bridgehead atoms. The number of carbonyl (C=O) groups excluding carboxylic acids is 2. The number of halogens is 1. The molecule has 24 heavy (non-hydrogen) atoms. The van der Waals surface area contributed by atoms with E-state index in [1.165, 1.54) is 0 Å². The molecule has 1 saturated heterocycles. The van der Waals surface area contributed by atoms with Gasteiger partial charge in [-0.05, 0) is 12.5 Å². The predicted molar refractivity (Wildman–Crippen MR) is 90.9 cm³/mol. The van der Waals surface area contributed by atoms with Crippen molar-refractivity contribution in [3.63, 3.8) is 0 Å². The zero-order valence-corrected chi connectivity index (χ0v) is 14.4. The quantitative estimate of drug-likeness (QED) is 0.917. The molecule has 1 aliphatic heterocycles. The first-order valence-electron chi connectivity index (χ1n) is 7.80. The van der Waals surface area contributed by atoms with Gasteiger partial charge in [-0.3, -0.25) is 14.3 Å². The van der Waals surface area contributed by atoms with Crippen LogP contribution >= 0.6 is 11.6 Å². The van der Waals surface area contributed by atoms with Crippen LogP contribution in [0.4, 0.5) is 0 Å². The molecule has 1 aromatic carbocycles. The molecule has 0 aliphatic carbocycles. The monoisotopic (exact) mass is 346 g/mol. The van der Waals surface area contributed by atoms with E-state index in [-0.39, 0.29) is 17.5 Å². The van der Waals surface area contributed by atoms with Crippen molar-refractivity contribution in [2.24, 2.45) is 7.05 Å². The van der Waals surface area contributed by atoms with E-state index in [2.05, 4.69) is 10.4 Å². The van der Waals surface area contributed by atoms with Crippen LogP contribution in [0.5, 0.6) is 0 Å². The minimum absolute atomic E-state index is 0.151. The second-order valence-corrected chi connectivity index (χ2v) is 6.24. The molecule has 3 rings (SSSR count). The second-order valence-electron chi connectivity index (χ2n) is 5.87. The summed E-state index contributed by atoms with van der Waals surface area (Å²) in [5.41, 5.74) is 1.92. The average Bonchev–Trinajstić information content (AvgIpc) is 2.84. The fourth-order valence-electron chi connectivity index (χ4n) is 2.85. The fraction of sp³-hybridized carbons (Fsp3) is 0.353. The molecule has 1 N–H and O–H groups in total. The highest BCUT2D eigenvalue weighted by molar-refractivity contribution is 6.34. The molecular weight excluding hydrogens is 328 g/mol. The van der Waals surface area contributed by atoms with Gasteiger partial charge in [-0.1, -0.05) is 41.9 Å². The van der Waals surface area contributed by atoms with Gasteiger partial charge < -0.3 is 10.2 Å². The van der Waals surface area contributed by atoms with Gasteiger partial charge in [0, 0.05) is 26.6 Å². The van der Waals surface area contributed by atoms with E-state index >= 15 is 0 Å². The summed E-state index contributed by atoms with van der Waals surface area (Å²) in [6.45, 7) is 2.67.